The second-order valence-electron chi connectivity index (χ2n) is 8.52. The fourth-order valence-corrected chi connectivity index (χ4v) is 3.35. The number of carbonyl (C=O) groups excluding carboxylic acids is 1. The molecule has 1 aliphatic carbocycles. The van der Waals surface area contributed by atoms with Crippen molar-refractivity contribution in [3.8, 4) is 11.6 Å². The number of amides is 1. The Balaban J connectivity index is 1.76. The van der Waals surface area contributed by atoms with E-state index in [1.165, 1.54) is 18.4 Å². The summed E-state index contributed by atoms with van der Waals surface area (Å²) in [5.41, 5.74) is 10.8. The Morgan fingerprint density at radius 1 is 1.24 bits per heavy atom. The number of hydrogen-bond donors (Lipinski definition) is 3. The number of likely N-dealkylation sites (N-methyl/N-ethyl adjacent to an activating group) is 1. The van der Waals surface area contributed by atoms with Crippen molar-refractivity contribution in [2.45, 2.75) is 44.9 Å². The predicted octanol–water partition coefficient (Wildman–Crippen LogP) is 3.20. The third kappa shape index (κ3) is 3.87. The van der Waals surface area contributed by atoms with Gasteiger partial charge in [0.15, 0.2) is 0 Å². The maximum Gasteiger partial charge on any atom is 0.316 e. The second kappa shape index (κ2) is 7.02. The van der Waals surface area contributed by atoms with E-state index in [0.29, 0.717) is 17.3 Å². The number of fused-ring (bicyclic) bond motifs is 1. The Morgan fingerprint density at radius 3 is 2.66 bits per heavy atom. The first-order valence-corrected chi connectivity index (χ1v) is 9.79. The maximum absolute atomic E-state index is 11.4. The highest BCUT2D eigenvalue weighted by molar-refractivity contribution is 5.95. The number of nitrogens with two attached hydrogens (primary N) is 1. The lowest BCUT2D eigenvalue weighted by Gasteiger charge is -2.23. The summed E-state index contributed by atoms with van der Waals surface area (Å²) in [4.78, 5) is 16.2. The summed E-state index contributed by atoms with van der Waals surface area (Å²) in [7, 11) is 1.56. The Morgan fingerprint density at radius 2 is 2.00 bits per heavy atom. The smallest absolute Gasteiger partial charge is 0.316 e. The van der Waals surface area contributed by atoms with E-state index in [9.17, 15) is 4.79 Å². The molecule has 3 aromatic rings. The number of anilines is 2. The van der Waals surface area contributed by atoms with Gasteiger partial charge < -0.3 is 20.8 Å². The van der Waals surface area contributed by atoms with Crippen LogP contribution in [0.3, 0.4) is 0 Å². The van der Waals surface area contributed by atoms with Crippen LogP contribution >= 0.6 is 0 Å². The molecule has 29 heavy (non-hydrogen) atoms. The highest BCUT2D eigenvalue weighted by Crippen LogP contribution is 2.44. The standard InChI is InChI=1S/C21H26N6O2/c1-21(2,3)14-8-12(11-5-6-11)7-13-15(22)9-16(25-18(13)14)19-26-27-20(29-19)24-10-17(28)23-4/h7-9,11H,5-6,10H2,1-4H3,(H2,22,25)(H,23,28)(H,24,27). The van der Waals surface area contributed by atoms with Crippen molar-refractivity contribution in [1.82, 2.24) is 20.5 Å². The molecule has 1 saturated carbocycles. The zero-order valence-corrected chi connectivity index (χ0v) is 17.2. The minimum Gasteiger partial charge on any atom is -0.402 e. The summed E-state index contributed by atoms with van der Waals surface area (Å²) in [5, 5.41) is 14.3. The van der Waals surface area contributed by atoms with Gasteiger partial charge in [0.05, 0.1) is 12.1 Å². The third-order valence-corrected chi connectivity index (χ3v) is 5.15. The summed E-state index contributed by atoms with van der Waals surface area (Å²) in [6.07, 6.45) is 2.46. The zero-order chi connectivity index (χ0) is 20.8. The Bertz CT molecular complexity index is 1080. The summed E-state index contributed by atoms with van der Waals surface area (Å²) < 4.78 is 5.63. The molecule has 8 nitrogen and oxygen atoms in total. The molecule has 1 aliphatic rings. The van der Waals surface area contributed by atoms with Crippen LogP contribution in [0.4, 0.5) is 11.7 Å². The molecular formula is C21H26N6O2. The lowest BCUT2D eigenvalue weighted by molar-refractivity contribution is -0.118. The van der Waals surface area contributed by atoms with Crippen molar-refractivity contribution in [3.05, 3.63) is 29.3 Å². The van der Waals surface area contributed by atoms with Crippen LogP contribution in [0.1, 0.15) is 50.7 Å². The summed E-state index contributed by atoms with van der Waals surface area (Å²) in [6.45, 7) is 6.58. The lowest BCUT2D eigenvalue weighted by atomic mass is 9.83. The molecule has 1 amide bonds. The van der Waals surface area contributed by atoms with Crippen molar-refractivity contribution in [2.24, 2.45) is 0 Å². The average molecular weight is 394 g/mol. The van der Waals surface area contributed by atoms with Crippen LogP contribution in [0.5, 0.6) is 0 Å². The van der Waals surface area contributed by atoms with Gasteiger partial charge >= 0.3 is 6.01 Å². The van der Waals surface area contributed by atoms with Gasteiger partial charge in [0.1, 0.15) is 5.69 Å². The molecule has 0 spiro atoms. The summed E-state index contributed by atoms with van der Waals surface area (Å²) in [6, 6.07) is 6.35. The molecule has 0 bridgehead atoms. The fraction of sp³-hybridized carbons (Fsp3) is 0.429. The van der Waals surface area contributed by atoms with Gasteiger partial charge in [-0.3, -0.25) is 4.79 Å². The van der Waals surface area contributed by atoms with Crippen LogP contribution in [0, 0.1) is 0 Å². The van der Waals surface area contributed by atoms with Crippen molar-refractivity contribution in [2.75, 3.05) is 24.6 Å². The van der Waals surface area contributed by atoms with E-state index in [1.807, 2.05) is 0 Å². The number of aromatic nitrogens is 3. The minimum atomic E-state index is -0.181. The Kier molecular flexibility index (Phi) is 4.64. The van der Waals surface area contributed by atoms with Gasteiger partial charge in [-0.05, 0) is 47.4 Å². The van der Waals surface area contributed by atoms with Gasteiger partial charge in [0.25, 0.3) is 5.89 Å². The molecule has 0 atom stereocenters. The number of nitrogens with zero attached hydrogens (tertiary/aromatic N) is 3. The van der Waals surface area contributed by atoms with Gasteiger partial charge in [0, 0.05) is 18.1 Å². The minimum absolute atomic E-state index is 0.0452. The molecule has 0 unspecified atom stereocenters. The zero-order valence-electron chi connectivity index (χ0n) is 17.2. The molecule has 0 saturated heterocycles. The van der Waals surface area contributed by atoms with Crippen molar-refractivity contribution < 1.29 is 9.21 Å². The number of nitrogen functional groups attached to an aromatic ring is 1. The first-order valence-electron chi connectivity index (χ1n) is 9.79. The first-order chi connectivity index (χ1) is 13.8. The molecule has 152 valence electrons. The van der Waals surface area contributed by atoms with Crippen LogP contribution in [0.15, 0.2) is 22.6 Å². The number of carbonyl (C=O) groups is 1. The van der Waals surface area contributed by atoms with Crippen LogP contribution in [0.2, 0.25) is 0 Å². The number of pyridine rings is 1. The van der Waals surface area contributed by atoms with E-state index in [2.05, 4.69) is 53.7 Å². The molecule has 1 fully saturated rings. The number of hydrogen-bond acceptors (Lipinski definition) is 7. The molecule has 0 radical (unpaired) electrons. The normalized spacial score (nSPS) is 14.2. The highest BCUT2D eigenvalue weighted by Gasteiger charge is 2.28. The summed E-state index contributed by atoms with van der Waals surface area (Å²) >= 11 is 0. The van der Waals surface area contributed by atoms with Gasteiger partial charge in [-0.1, -0.05) is 31.9 Å². The largest absolute Gasteiger partial charge is 0.402 e. The molecule has 8 heteroatoms. The quantitative estimate of drug-likeness (QED) is 0.608. The van der Waals surface area contributed by atoms with Crippen LogP contribution in [-0.2, 0) is 10.2 Å². The maximum atomic E-state index is 11.4. The SMILES string of the molecule is CNC(=O)CNc1nnc(-c2cc(N)c3cc(C4CC4)cc(C(C)(C)C)c3n2)o1. The topological polar surface area (TPSA) is 119 Å². The Hall–Kier alpha value is -3.16. The van der Waals surface area contributed by atoms with E-state index in [0.717, 1.165) is 16.5 Å². The van der Waals surface area contributed by atoms with Gasteiger partial charge in [0.2, 0.25) is 5.91 Å². The van der Waals surface area contributed by atoms with Gasteiger partial charge in [-0.2, -0.15) is 0 Å². The van der Waals surface area contributed by atoms with E-state index < -0.39 is 0 Å². The molecule has 1 aromatic carbocycles. The number of benzene rings is 1. The molecular weight excluding hydrogens is 368 g/mol. The van der Waals surface area contributed by atoms with E-state index in [-0.39, 0.29) is 29.8 Å². The van der Waals surface area contributed by atoms with Crippen LogP contribution < -0.4 is 16.4 Å². The monoisotopic (exact) mass is 394 g/mol. The average Bonchev–Trinajstić information content (AvgIpc) is 3.42. The summed E-state index contributed by atoms with van der Waals surface area (Å²) in [5.74, 6) is 0.702. The van der Waals surface area contributed by atoms with Crippen LogP contribution in [-0.4, -0.2) is 34.7 Å². The second-order valence-corrected chi connectivity index (χ2v) is 8.52. The van der Waals surface area contributed by atoms with Crippen LogP contribution in [0.25, 0.3) is 22.5 Å². The van der Waals surface area contributed by atoms with Gasteiger partial charge in [-0.25, -0.2) is 4.98 Å². The predicted molar refractivity (Wildman–Crippen MR) is 113 cm³/mol. The molecule has 4 N–H and O–H groups in total. The van der Waals surface area contributed by atoms with E-state index >= 15 is 0 Å². The first kappa shape index (κ1) is 19.2. The Labute approximate surface area is 169 Å². The fourth-order valence-electron chi connectivity index (χ4n) is 3.35. The lowest BCUT2D eigenvalue weighted by Crippen LogP contribution is -2.26. The van der Waals surface area contributed by atoms with Crippen molar-refractivity contribution >= 4 is 28.5 Å². The molecule has 0 aliphatic heterocycles. The number of nitrogens with one attached hydrogen (secondary N) is 2. The molecule has 4 rings (SSSR count). The van der Waals surface area contributed by atoms with E-state index in [1.54, 1.807) is 13.1 Å². The van der Waals surface area contributed by atoms with Crippen molar-refractivity contribution in [3.63, 3.8) is 0 Å². The third-order valence-electron chi connectivity index (χ3n) is 5.15. The van der Waals surface area contributed by atoms with Crippen molar-refractivity contribution in [1.29, 1.82) is 0 Å². The van der Waals surface area contributed by atoms with E-state index in [4.69, 9.17) is 15.1 Å². The highest BCUT2D eigenvalue weighted by atomic mass is 16.4. The molecule has 2 aromatic heterocycles. The molecule has 2 heterocycles. The van der Waals surface area contributed by atoms with Gasteiger partial charge in [-0.15, -0.1) is 5.10 Å². The number of rotatable bonds is 5.